The molecule has 3 heterocycles. The van der Waals surface area contributed by atoms with Crippen LogP contribution >= 0.6 is 0 Å². The van der Waals surface area contributed by atoms with Crippen LogP contribution in [0.2, 0.25) is 0 Å². The number of nitrogens with one attached hydrogen (secondary N) is 1. The maximum atomic E-state index is 3.61. The van der Waals surface area contributed by atoms with Gasteiger partial charge in [-0.3, -0.25) is 4.90 Å². The molecular weight excluding hydrogens is 148 g/mol. The van der Waals surface area contributed by atoms with Crippen LogP contribution in [0.25, 0.3) is 0 Å². The molecule has 1 N–H and O–H groups in total. The molecule has 3 unspecified atom stereocenters. The van der Waals surface area contributed by atoms with Gasteiger partial charge in [-0.05, 0) is 38.1 Å². The van der Waals surface area contributed by atoms with E-state index in [1.165, 1.54) is 32.5 Å². The van der Waals surface area contributed by atoms with Crippen molar-refractivity contribution in [1.29, 1.82) is 0 Å². The molecule has 0 aliphatic carbocycles. The minimum atomic E-state index is 0.775. The number of hydrogen-bond acceptors (Lipinski definition) is 2. The topological polar surface area (TPSA) is 15.0 Å². The average Bonchev–Trinajstić information content (AvgIpc) is 2.82. The monoisotopic (exact) mass is 166 g/mol. The van der Waals surface area contributed by atoms with E-state index >= 15 is 0 Å². The van der Waals surface area contributed by atoms with E-state index in [-0.39, 0.29) is 0 Å². The lowest BCUT2D eigenvalue weighted by Gasteiger charge is -2.38. The summed E-state index contributed by atoms with van der Waals surface area (Å²) in [6.07, 6.45) is 2.89. The van der Waals surface area contributed by atoms with Gasteiger partial charge in [-0.1, -0.05) is 0 Å². The van der Waals surface area contributed by atoms with Crippen LogP contribution in [0.1, 0.15) is 19.8 Å². The van der Waals surface area contributed by atoms with Crippen molar-refractivity contribution in [3.8, 4) is 0 Å². The maximum absolute atomic E-state index is 3.61. The largest absolute Gasteiger partial charge is 0.314 e. The fourth-order valence-electron chi connectivity index (χ4n) is 3.19. The zero-order valence-electron chi connectivity index (χ0n) is 7.79. The lowest BCUT2D eigenvalue weighted by molar-refractivity contribution is 0.147. The van der Waals surface area contributed by atoms with E-state index in [4.69, 9.17) is 0 Å². The molecule has 0 aromatic carbocycles. The minimum absolute atomic E-state index is 0.775. The van der Waals surface area contributed by atoms with Gasteiger partial charge >= 0.3 is 0 Å². The highest BCUT2D eigenvalue weighted by Crippen LogP contribution is 2.41. The van der Waals surface area contributed by atoms with Crippen molar-refractivity contribution in [2.24, 2.45) is 11.8 Å². The first-order valence-electron chi connectivity index (χ1n) is 5.32. The lowest BCUT2D eigenvalue weighted by Crippen LogP contribution is -2.47. The predicted octanol–water partition coefficient (Wildman–Crippen LogP) is 0.688. The zero-order valence-corrected chi connectivity index (χ0v) is 7.79. The van der Waals surface area contributed by atoms with Crippen molar-refractivity contribution in [3.63, 3.8) is 0 Å². The van der Waals surface area contributed by atoms with Gasteiger partial charge in [0.15, 0.2) is 0 Å². The van der Waals surface area contributed by atoms with Gasteiger partial charge in [-0.2, -0.15) is 0 Å². The van der Waals surface area contributed by atoms with Crippen LogP contribution in [-0.2, 0) is 0 Å². The summed E-state index contributed by atoms with van der Waals surface area (Å²) in [5.74, 6) is 2.04. The van der Waals surface area contributed by atoms with Crippen LogP contribution in [0.4, 0.5) is 0 Å². The fourth-order valence-corrected chi connectivity index (χ4v) is 3.19. The molecule has 0 spiro atoms. The molecule has 2 nitrogen and oxygen atoms in total. The molecule has 3 saturated heterocycles. The quantitative estimate of drug-likeness (QED) is 0.533. The first-order chi connectivity index (χ1) is 5.84. The molecule has 0 saturated carbocycles. The van der Waals surface area contributed by atoms with Crippen molar-refractivity contribution in [1.82, 2.24) is 10.2 Å². The van der Waals surface area contributed by atoms with E-state index in [0.29, 0.717) is 0 Å². The van der Waals surface area contributed by atoms with Gasteiger partial charge in [0, 0.05) is 25.2 Å². The third kappa shape index (κ3) is 1.01. The van der Waals surface area contributed by atoms with Gasteiger partial charge < -0.3 is 5.32 Å². The lowest BCUT2D eigenvalue weighted by atomic mass is 9.78. The molecule has 0 amide bonds. The molecule has 0 bridgehead atoms. The Hall–Kier alpha value is -0.0800. The molecule has 3 rings (SSSR count). The Bertz CT molecular complexity index is 192. The van der Waals surface area contributed by atoms with Crippen molar-refractivity contribution < 1.29 is 0 Å². The molecule has 0 aromatic rings. The third-order valence-corrected chi connectivity index (χ3v) is 4.00. The van der Waals surface area contributed by atoms with Crippen molar-refractivity contribution in [3.05, 3.63) is 0 Å². The number of nitrogens with zero attached hydrogens (tertiary/aromatic N) is 1. The van der Waals surface area contributed by atoms with Gasteiger partial charge in [0.25, 0.3) is 0 Å². The summed E-state index contributed by atoms with van der Waals surface area (Å²) in [4.78, 5) is 2.64. The summed E-state index contributed by atoms with van der Waals surface area (Å²) in [6.45, 7) is 6.40. The number of rotatable bonds is 0. The van der Waals surface area contributed by atoms with Crippen molar-refractivity contribution in [2.45, 2.75) is 31.8 Å². The standard InChI is InChI=1S/C10H18N2/c1-7-4-8-2-3-12-6-10(12)9(8)5-11-7/h7-11H,2-6H2,1H3/t7-,8?,9?,10-,12?/m0/s1. The predicted molar refractivity (Wildman–Crippen MR) is 49.0 cm³/mol. The first kappa shape index (κ1) is 7.34. The Morgan fingerprint density at radius 1 is 1.42 bits per heavy atom. The molecular formula is C10H18N2. The molecule has 0 aromatic heterocycles. The Kier molecular flexibility index (Phi) is 1.50. The minimum Gasteiger partial charge on any atom is -0.314 e. The van der Waals surface area contributed by atoms with E-state index in [1.807, 2.05) is 0 Å². The second kappa shape index (κ2) is 2.46. The van der Waals surface area contributed by atoms with Crippen molar-refractivity contribution >= 4 is 0 Å². The summed E-state index contributed by atoms with van der Waals surface area (Å²) in [7, 11) is 0. The highest BCUT2D eigenvalue weighted by atomic mass is 15.3. The van der Waals surface area contributed by atoms with E-state index in [2.05, 4.69) is 17.1 Å². The summed E-state index contributed by atoms with van der Waals surface area (Å²) >= 11 is 0. The molecule has 5 atom stereocenters. The van der Waals surface area contributed by atoms with Crippen LogP contribution in [0.5, 0.6) is 0 Å². The van der Waals surface area contributed by atoms with Crippen molar-refractivity contribution in [2.75, 3.05) is 19.6 Å². The van der Waals surface area contributed by atoms with Crippen LogP contribution in [-0.4, -0.2) is 36.6 Å². The zero-order chi connectivity index (χ0) is 8.13. The molecule has 12 heavy (non-hydrogen) atoms. The highest BCUT2D eigenvalue weighted by molar-refractivity contribution is 5.03. The van der Waals surface area contributed by atoms with E-state index in [0.717, 1.165) is 23.9 Å². The van der Waals surface area contributed by atoms with Crippen LogP contribution in [0.3, 0.4) is 0 Å². The second-order valence-electron chi connectivity index (χ2n) is 4.82. The molecule has 3 fully saturated rings. The Labute approximate surface area is 74.3 Å². The van der Waals surface area contributed by atoms with Gasteiger partial charge in [0.1, 0.15) is 0 Å². The number of piperidine rings is 2. The van der Waals surface area contributed by atoms with E-state index in [9.17, 15) is 0 Å². The van der Waals surface area contributed by atoms with Gasteiger partial charge in [-0.25, -0.2) is 0 Å². The highest BCUT2D eigenvalue weighted by Gasteiger charge is 2.48. The molecule has 3 aliphatic rings. The van der Waals surface area contributed by atoms with Crippen LogP contribution < -0.4 is 5.32 Å². The van der Waals surface area contributed by atoms with Gasteiger partial charge in [0.05, 0.1) is 0 Å². The summed E-state index contributed by atoms with van der Waals surface area (Å²) in [5.41, 5.74) is 0. The normalized spacial score (nSPS) is 57.2. The average molecular weight is 166 g/mol. The van der Waals surface area contributed by atoms with Gasteiger partial charge in [-0.15, -0.1) is 0 Å². The summed E-state index contributed by atoms with van der Waals surface area (Å²) < 4.78 is 0. The Morgan fingerprint density at radius 3 is 3.25 bits per heavy atom. The first-order valence-corrected chi connectivity index (χ1v) is 5.32. The van der Waals surface area contributed by atoms with Crippen LogP contribution in [0, 0.1) is 11.8 Å². The Balaban J connectivity index is 1.73. The summed E-state index contributed by atoms with van der Waals surface area (Å²) in [5, 5.41) is 3.61. The molecule has 2 heteroatoms. The third-order valence-electron chi connectivity index (χ3n) is 4.00. The molecule has 3 aliphatic heterocycles. The smallest absolute Gasteiger partial charge is 0.0266 e. The molecule has 68 valence electrons. The maximum Gasteiger partial charge on any atom is 0.0266 e. The number of hydrogen-bond donors (Lipinski definition) is 1. The second-order valence-corrected chi connectivity index (χ2v) is 4.82. The summed E-state index contributed by atoms with van der Waals surface area (Å²) in [6, 6.07) is 1.75. The Morgan fingerprint density at radius 2 is 2.33 bits per heavy atom. The number of fused-ring (bicyclic) bond motifs is 3. The van der Waals surface area contributed by atoms with E-state index < -0.39 is 0 Å². The fraction of sp³-hybridized carbons (Fsp3) is 1.00. The SMILES string of the molecule is C[C@H]1CC2CCN3C[C@H]3C2CN1. The molecule has 0 radical (unpaired) electrons. The van der Waals surface area contributed by atoms with E-state index in [1.54, 1.807) is 0 Å². The van der Waals surface area contributed by atoms with Gasteiger partial charge in [0.2, 0.25) is 0 Å². The van der Waals surface area contributed by atoms with Crippen LogP contribution in [0.15, 0.2) is 0 Å².